The number of carbonyl (C=O) groups is 1. The second-order valence-electron chi connectivity index (χ2n) is 5.16. The highest BCUT2D eigenvalue weighted by Gasteiger charge is 2.23. The molecule has 104 valence electrons. The Kier molecular flexibility index (Phi) is 4.32. The van der Waals surface area contributed by atoms with Crippen molar-refractivity contribution in [3.63, 3.8) is 0 Å². The lowest BCUT2D eigenvalue weighted by Gasteiger charge is -2.32. The first-order chi connectivity index (χ1) is 8.99. The molecule has 19 heavy (non-hydrogen) atoms. The maximum absolute atomic E-state index is 11.1. The molecule has 0 bridgehead atoms. The van der Waals surface area contributed by atoms with Crippen molar-refractivity contribution in [2.24, 2.45) is 17.4 Å². The second-order valence-corrected chi connectivity index (χ2v) is 5.57. The summed E-state index contributed by atoms with van der Waals surface area (Å²) in [6.45, 7) is 3.59. The smallest absolute Gasteiger partial charge is 0.220 e. The number of anilines is 1. The zero-order chi connectivity index (χ0) is 14.0. The highest BCUT2D eigenvalue weighted by atomic mass is 35.5. The largest absolute Gasteiger partial charge is 0.371 e. The van der Waals surface area contributed by atoms with Crippen LogP contribution in [-0.4, -0.2) is 19.0 Å². The zero-order valence-electron chi connectivity index (χ0n) is 11.1. The van der Waals surface area contributed by atoms with Crippen LogP contribution in [0.3, 0.4) is 0 Å². The quantitative estimate of drug-likeness (QED) is 0.891. The molecule has 1 heterocycles. The molecular formula is C14H20ClN3O. The van der Waals surface area contributed by atoms with Gasteiger partial charge in [-0.2, -0.15) is 0 Å². The van der Waals surface area contributed by atoms with Crippen LogP contribution >= 0.6 is 11.6 Å². The van der Waals surface area contributed by atoms with Crippen molar-refractivity contribution >= 4 is 23.2 Å². The van der Waals surface area contributed by atoms with Gasteiger partial charge in [-0.15, -0.1) is 0 Å². The first kappa shape index (κ1) is 14.2. The van der Waals surface area contributed by atoms with Gasteiger partial charge in [0.2, 0.25) is 5.91 Å². The summed E-state index contributed by atoms with van der Waals surface area (Å²) in [7, 11) is 0. The maximum atomic E-state index is 11.1. The van der Waals surface area contributed by atoms with Gasteiger partial charge in [0, 0.05) is 35.8 Å². The average Bonchev–Trinajstić information content (AvgIpc) is 2.38. The van der Waals surface area contributed by atoms with Crippen molar-refractivity contribution in [1.29, 1.82) is 0 Å². The number of nitrogens with two attached hydrogens (primary N) is 2. The topological polar surface area (TPSA) is 72.3 Å². The molecule has 0 radical (unpaired) electrons. The first-order valence-corrected chi connectivity index (χ1v) is 6.96. The Labute approximate surface area is 118 Å². The van der Waals surface area contributed by atoms with Crippen molar-refractivity contribution in [3.8, 4) is 0 Å². The molecule has 1 aromatic rings. The molecule has 1 aromatic carbocycles. The molecule has 1 amide bonds. The molecule has 0 aliphatic carbocycles. The van der Waals surface area contributed by atoms with E-state index in [1.807, 2.05) is 25.1 Å². The number of nitrogens with zero attached hydrogens (tertiary/aromatic N) is 1. The third-order valence-corrected chi connectivity index (χ3v) is 4.06. The summed E-state index contributed by atoms with van der Waals surface area (Å²) < 4.78 is 0. The van der Waals surface area contributed by atoms with E-state index >= 15 is 0 Å². The summed E-state index contributed by atoms with van der Waals surface area (Å²) in [6, 6.07) is 5.89. The highest BCUT2D eigenvalue weighted by Crippen LogP contribution is 2.29. The van der Waals surface area contributed by atoms with Gasteiger partial charge in [-0.25, -0.2) is 0 Å². The molecule has 0 spiro atoms. The number of carbonyl (C=O) groups excluding carboxylic acids is 1. The molecule has 1 saturated heterocycles. The Morgan fingerprint density at radius 1 is 1.42 bits per heavy atom. The fraction of sp³-hybridized carbons (Fsp3) is 0.500. The molecule has 1 atom stereocenters. The number of hydrogen-bond donors (Lipinski definition) is 2. The Morgan fingerprint density at radius 3 is 2.53 bits per heavy atom. The van der Waals surface area contributed by atoms with Gasteiger partial charge in [-0.3, -0.25) is 4.79 Å². The second kappa shape index (κ2) is 5.80. The highest BCUT2D eigenvalue weighted by molar-refractivity contribution is 6.31. The third kappa shape index (κ3) is 3.19. The SMILES string of the molecule is CC(N)c1ccc(N2CCC(C(N)=O)CC2)cc1Cl. The number of halogens is 1. The molecule has 1 aliphatic heterocycles. The first-order valence-electron chi connectivity index (χ1n) is 6.58. The molecule has 1 fully saturated rings. The Morgan fingerprint density at radius 2 is 2.05 bits per heavy atom. The summed E-state index contributed by atoms with van der Waals surface area (Å²) in [5.74, 6) is -0.181. The van der Waals surface area contributed by atoms with Crippen LogP contribution < -0.4 is 16.4 Å². The van der Waals surface area contributed by atoms with Gasteiger partial charge < -0.3 is 16.4 Å². The number of primary amides is 1. The van der Waals surface area contributed by atoms with Crippen molar-refractivity contribution < 1.29 is 4.79 Å². The molecule has 4 nitrogen and oxygen atoms in total. The fourth-order valence-electron chi connectivity index (χ4n) is 2.50. The molecule has 5 heteroatoms. The number of rotatable bonds is 3. The minimum Gasteiger partial charge on any atom is -0.371 e. The predicted molar refractivity (Wildman–Crippen MR) is 78.2 cm³/mol. The predicted octanol–water partition coefficient (Wildman–Crippen LogP) is 2.06. The van der Waals surface area contributed by atoms with Gasteiger partial charge >= 0.3 is 0 Å². The number of amides is 1. The summed E-state index contributed by atoms with van der Waals surface area (Å²) in [4.78, 5) is 13.4. The van der Waals surface area contributed by atoms with E-state index in [1.165, 1.54) is 0 Å². The van der Waals surface area contributed by atoms with Gasteiger partial charge in [-0.1, -0.05) is 17.7 Å². The maximum Gasteiger partial charge on any atom is 0.220 e. The van der Waals surface area contributed by atoms with E-state index in [-0.39, 0.29) is 17.9 Å². The van der Waals surface area contributed by atoms with E-state index in [9.17, 15) is 4.79 Å². The minimum absolute atomic E-state index is 0.00931. The van der Waals surface area contributed by atoms with Crippen LogP contribution in [0.25, 0.3) is 0 Å². The molecule has 2 rings (SSSR count). The van der Waals surface area contributed by atoms with Gasteiger partial charge in [-0.05, 0) is 37.5 Å². The van der Waals surface area contributed by atoms with E-state index < -0.39 is 0 Å². The minimum atomic E-state index is -0.190. The summed E-state index contributed by atoms with van der Waals surface area (Å²) >= 11 is 6.24. The van der Waals surface area contributed by atoms with Gasteiger partial charge in [0.1, 0.15) is 0 Å². The summed E-state index contributed by atoms with van der Waals surface area (Å²) in [5, 5.41) is 0.699. The van der Waals surface area contributed by atoms with Crippen molar-refractivity contribution in [3.05, 3.63) is 28.8 Å². The van der Waals surface area contributed by atoms with Crippen LogP contribution in [-0.2, 0) is 4.79 Å². The van der Waals surface area contributed by atoms with Crippen molar-refractivity contribution in [2.45, 2.75) is 25.8 Å². The third-order valence-electron chi connectivity index (χ3n) is 3.74. The Bertz CT molecular complexity index is 468. The van der Waals surface area contributed by atoms with Crippen LogP contribution in [0.5, 0.6) is 0 Å². The van der Waals surface area contributed by atoms with Crippen LogP contribution in [0.1, 0.15) is 31.4 Å². The van der Waals surface area contributed by atoms with Gasteiger partial charge in [0.15, 0.2) is 0 Å². The lowest BCUT2D eigenvalue weighted by molar-refractivity contribution is -0.122. The lowest BCUT2D eigenvalue weighted by Crippen LogP contribution is -2.38. The van der Waals surface area contributed by atoms with E-state index in [0.717, 1.165) is 37.2 Å². The fourth-order valence-corrected chi connectivity index (χ4v) is 2.85. The summed E-state index contributed by atoms with van der Waals surface area (Å²) in [6.07, 6.45) is 1.62. The van der Waals surface area contributed by atoms with E-state index in [2.05, 4.69) is 4.90 Å². The van der Waals surface area contributed by atoms with Crippen molar-refractivity contribution in [1.82, 2.24) is 0 Å². The zero-order valence-corrected chi connectivity index (χ0v) is 11.9. The molecule has 0 saturated carbocycles. The standard InChI is InChI=1S/C14H20ClN3O/c1-9(16)12-3-2-11(8-13(12)15)18-6-4-10(5-7-18)14(17)19/h2-3,8-10H,4-7,16H2,1H3,(H2,17,19). The van der Waals surface area contributed by atoms with Gasteiger partial charge in [0.05, 0.1) is 0 Å². The normalized spacial score (nSPS) is 18.4. The average molecular weight is 282 g/mol. The molecule has 1 unspecified atom stereocenters. The molecular weight excluding hydrogens is 262 g/mol. The number of hydrogen-bond acceptors (Lipinski definition) is 3. The van der Waals surface area contributed by atoms with E-state index in [1.54, 1.807) is 0 Å². The molecule has 4 N–H and O–H groups in total. The lowest BCUT2D eigenvalue weighted by atomic mass is 9.96. The molecule has 0 aromatic heterocycles. The number of benzene rings is 1. The summed E-state index contributed by atoms with van der Waals surface area (Å²) in [5.41, 5.74) is 13.2. The Balaban J connectivity index is 2.08. The number of piperidine rings is 1. The monoisotopic (exact) mass is 281 g/mol. The van der Waals surface area contributed by atoms with E-state index in [0.29, 0.717) is 5.02 Å². The van der Waals surface area contributed by atoms with Crippen LogP contribution in [0.15, 0.2) is 18.2 Å². The van der Waals surface area contributed by atoms with E-state index in [4.69, 9.17) is 23.1 Å². The van der Waals surface area contributed by atoms with Crippen LogP contribution in [0, 0.1) is 5.92 Å². The van der Waals surface area contributed by atoms with Crippen molar-refractivity contribution in [2.75, 3.05) is 18.0 Å². The molecule has 1 aliphatic rings. The van der Waals surface area contributed by atoms with Gasteiger partial charge in [0.25, 0.3) is 0 Å². The van der Waals surface area contributed by atoms with Crippen LogP contribution in [0.4, 0.5) is 5.69 Å². The van der Waals surface area contributed by atoms with Crippen LogP contribution in [0.2, 0.25) is 5.02 Å². The Hall–Kier alpha value is -1.26.